The van der Waals surface area contributed by atoms with Crippen molar-refractivity contribution in [1.29, 1.82) is 0 Å². The fourth-order valence-corrected chi connectivity index (χ4v) is 5.82. The van der Waals surface area contributed by atoms with Gasteiger partial charge in [0.2, 0.25) is 5.91 Å². The van der Waals surface area contributed by atoms with E-state index in [4.69, 9.17) is 14.6 Å². The molecule has 1 amide bonds. The smallest absolute Gasteiger partial charge is 0.309 e. The first-order valence-electron chi connectivity index (χ1n) is 20.0. The summed E-state index contributed by atoms with van der Waals surface area (Å²) in [6.45, 7) is 10.1. The van der Waals surface area contributed by atoms with Gasteiger partial charge in [0.1, 0.15) is 6.10 Å². The van der Waals surface area contributed by atoms with Crippen molar-refractivity contribution in [2.45, 2.75) is 207 Å². The third-order valence-corrected chi connectivity index (χ3v) is 8.98. The fraction of sp³-hybridized carbons (Fsp3) is 0.900. The summed E-state index contributed by atoms with van der Waals surface area (Å²) >= 11 is 0. The molecule has 1 atom stereocenters. The minimum absolute atomic E-state index is 0.0237. The average molecular weight is 667 g/mol. The SMILES string of the molecule is CCCCCC/C=C\CCON(C(=O)CCCCN(C)C)C(CCCCCCCCCC)CCCCCCC(=O)OOC(CC)CC. The Hall–Kier alpha value is -1.44. The number of rotatable bonds is 35. The first-order valence-corrected chi connectivity index (χ1v) is 20.0. The average Bonchev–Trinajstić information content (AvgIpc) is 3.06. The number of allylic oxidation sites excluding steroid dienone is 1. The second-order valence-corrected chi connectivity index (χ2v) is 13.8. The van der Waals surface area contributed by atoms with Gasteiger partial charge in [-0.25, -0.2) is 9.86 Å². The summed E-state index contributed by atoms with van der Waals surface area (Å²) in [6.07, 6.45) is 32.0. The molecule has 47 heavy (non-hydrogen) atoms. The standard InChI is InChI=1S/C40H78N2O5/c1-7-11-13-15-17-19-21-25-31-37(32-26-22-23-27-34-40(44)47-46-38(9-3)10-4)42(39(43)33-28-29-35-41(5)6)45-36-30-24-20-18-16-14-12-8-2/h20,24,37-38H,7-19,21-23,25-36H2,1-6H3/b24-20-. The molecule has 1 unspecified atom stereocenters. The molecule has 0 aromatic carbocycles. The second kappa shape index (κ2) is 34.4. The number of nitrogens with zero attached hydrogens (tertiary/aromatic N) is 2. The number of hydrogen-bond acceptors (Lipinski definition) is 6. The highest BCUT2D eigenvalue weighted by molar-refractivity contribution is 5.75. The van der Waals surface area contributed by atoms with Gasteiger partial charge >= 0.3 is 5.97 Å². The van der Waals surface area contributed by atoms with Gasteiger partial charge in [0, 0.05) is 12.8 Å². The first kappa shape index (κ1) is 45.6. The molecule has 278 valence electrons. The van der Waals surface area contributed by atoms with Crippen molar-refractivity contribution in [1.82, 2.24) is 9.96 Å². The summed E-state index contributed by atoms with van der Waals surface area (Å²) in [5.74, 6) is -0.143. The lowest BCUT2D eigenvalue weighted by Crippen LogP contribution is -2.40. The first-order chi connectivity index (χ1) is 22.9. The highest BCUT2D eigenvalue weighted by Crippen LogP contribution is 2.21. The normalized spacial score (nSPS) is 12.4. The van der Waals surface area contributed by atoms with E-state index in [2.05, 4.69) is 45.0 Å². The van der Waals surface area contributed by atoms with Crippen LogP contribution in [0.2, 0.25) is 0 Å². The third-order valence-electron chi connectivity index (χ3n) is 8.98. The van der Waals surface area contributed by atoms with E-state index in [1.54, 1.807) is 5.06 Å². The number of carbonyl (C=O) groups is 2. The number of unbranched alkanes of at least 4 members (excludes halogenated alkanes) is 15. The van der Waals surface area contributed by atoms with E-state index in [1.165, 1.54) is 70.6 Å². The lowest BCUT2D eigenvalue weighted by molar-refractivity contribution is -0.298. The van der Waals surface area contributed by atoms with Crippen LogP contribution < -0.4 is 0 Å². The van der Waals surface area contributed by atoms with E-state index in [-0.39, 0.29) is 24.0 Å². The Bertz CT molecular complexity index is 725. The number of hydroxylamine groups is 2. The van der Waals surface area contributed by atoms with Gasteiger partial charge in [0.05, 0.1) is 12.6 Å². The van der Waals surface area contributed by atoms with Crippen molar-refractivity contribution in [3.05, 3.63) is 12.2 Å². The predicted octanol–water partition coefficient (Wildman–Crippen LogP) is 11.3. The maximum atomic E-state index is 13.6. The van der Waals surface area contributed by atoms with Crippen molar-refractivity contribution in [3.63, 3.8) is 0 Å². The highest BCUT2D eigenvalue weighted by atomic mass is 17.2. The molecule has 7 heteroatoms. The second-order valence-electron chi connectivity index (χ2n) is 13.8. The maximum absolute atomic E-state index is 13.6. The van der Waals surface area contributed by atoms with Crippen LogP contribution in [0, 0.1) is 0 Å². The molecule has 0 bridgehead atoms. The predicted molar refractivity (Wildman–Crippen MR) is 198 cm³/mol. The molecule has 0 aromatic rings. The molecule has 0 aliphatic heterocycles. The number of amides is 1. The van der Waals surface area contributed by atoms with Crippen LogP contribution in [0.4, 0.5) is 0 Å². The molecular weight excluding hydrogens is 588 g/mol. The lowest BCUT2D eigenvalue weighted by atomic mass is 9.99. The Morgan fingerprint density at radius 3 is 1.74 bits per heavy atom. The summed E-state index contributed by atoms with van der Waals surface area (Å²) in [5.41, 5.74) is 0. The van der Waals surface area contributed by atoms with Crippen LogP contribution in [0.1, 0.15) is 195 Å². The van der Waals surface area contributed by atoms with Crippen molar-refractivity contribution in [2.75, 3.05) is 27.2 Å². The van der Waals surface area contributed by atoms with Gasteiger partial charge in [-0.15, -0.1) is 0 Å². The van der Waals surface area contributed by atoms with Crippen LogP contribution in [-0.4, -0.2) is 61.2 Å². The van der Waals surface area contributed by atoms with E-state index in [0.29, 0.717) is 19.4 Å². The molecule has 0 saturated carbocycles. The van der Waals surface area contributed by atoms with E-state index in [0.717, 1.165) is 90.0 Å². The van der Waals surface area contributed by atoms with Gasteiger partial charge in [0.15, 0.2) is 0 Å². The Morgan fingerprint density at radius 1 is 0.617 bits per heavy atom. The molecule has 0 N–H and O–H groups in total. The Kier molecular flexibility index (Phi) is 33.4. The van der Waals surface area contributed by atoms with Crippen LogP contribution in [0.3, 0.4) is 0 Å². The summed E-state index contributed by atoms with van der Waals surface area (Å²) in [7, 11) is 4.17. The highest BCUT2D eigenvalue weighted by Gasteiger charge is 2.24. The van der Waals surface area contributed by atoms with E-state index < -0.39 is 0 Å². The monoisotopic (exact) mass is 667 g/mol. The van der Waals surface area contributed by atoms with Crippen LogP contribution in [0.25, 0.3) is 0 Å². The van der Waals surface area contributed by atoms with Crippen LogP contribution >= 0.6 is 0 Å². The number of carbonyl (C=O) groups excluding carboxylic acids is 2. The van der Waals surface area contributed by atoms with Crippen LogP contribution in [0.5, 0.6) is 0 Å². The Labute approximate surface area is 291 Å². The summed E-state index contributed by atoms with van der Waals surface area (Å²) < 4.78 is 0. The molecule has 0 aliphatic rings. The van der Waals surface area contributed by atoms with Crippen LogP contribution in [0.15, 0.2) is 12.2 Å². The Balaban J connectivity index is 5.09. The van der Waals surface area contributed by atoms with Crippen molar-refractivity contribution in [2.24, 2.45) is 0 Å². The summed E-state index contributed by atoms with van der Waals surface area (Å²) in [6, 6.07) is 0.104. The topological polar surface area (TPSA) is 68.3 Å². The molecule has 0 aliphatic carbocycles. The van der Waals surface area contributed by atoms with Gasteiger partial charge in [-0.1, -0.05) is 130 Å². The quantitative estimate of drug-likeness (QED) is 0.0290. The largest absolute Gasteiger partial charge is 0.342 e. The van der Waals surface area contributed by atoms with Crippen LogP contribution in [-0.2, 0) is 24.2 Å². The van der Waals surface area contributed by atoms with Crippen molar-refractivity contribution >= 4 is 11.9 Å². The maximum Gasteiger partial charge on any atom is 0.342 e. The van der Waals surface area contributed by atoms with Crippen molar-refractivity contribution < 1.29 is 24.2 Å². The number of hydrogen-bond donors (Lipinski definition) is 0. The molecule has 0 radical (unpaired) electrons. The van der Waals surface area contributed by atoms with Crippen molar-refractivity contribution in [3.8, 4) is 0 Å². The molecule has 0 aromatic heterocycles. The van der Waals surface area contributed by atoms with Gasteiger partial charge in [-0.3, -0.25) is 14.5 Å². The molecular formula is C40H78N2O5. The van der Waals surface area contributed by atoms with E-state index in [1.807, 2.05) is 13.8 Å². The molecule has 0 spiro atoms. The Morgan fingerprint density at radius 2 is 1.15 bits per heavy atom. The van der Waals surface area contributed by atoms with Gasteiger partial charge in [0.25, 0.3) is 0 Å². The minimum atomic E-state index is -0.279. The third kappa shape index (κ3) is 29.2. The zero-order valence-corrected chi connectivity index (χ0v) is 32.0. The van der Waals surface area contributed by atoms with Gasteiger partial charge in [-0.05, 0) is 84.8 Å². The van der Waals surface area contributed by atoms with E-state index >= 15 is 0 Å². The van der Waals surface area contributed by atoms with E-state index in [9.17, 15) is 9.59 Å². The van der Waals surface area contributed by atoms with Gasteiger partial charge in [-0.2, -0.15) is 4.89 Å². The molecule has 0 fully saturated rings. The molecule has 7 nitrogen and oxygen atoms in total. The molecule has 0 heterocycles. The minimum Gasteiger partial charge on any atom is -0.309 e. The fourth-order valence-electron chi connectivity index (χ4n) is 5.82. The lowest BCUT2D eigenvalue weighted by Gasteiger charge is -2.31. The van der Waals surface area contributed by atoms with Gasteiger partial charge < -0.3 is 4.90 Å². The zero-order chi connectivity index (χ0) is 34.8. The zero-order valence-electron chi connectivity index (χ0n) is 32.0. The molecule has 0 saturated heterocycles. The summed E-state index contributed by atoms with van der Waals surface area (Å²) in [5, 5.41) is 1.79. The summed E-state index contributed by atoms with van der Waals surface area (Å²) in [4.78, 5) is 44.5. The molecule has 0 rings (SSSR count).